The molecule has 0 saturated heterocycles. The molecule has 220 valence electrons. The number of carbonyl (C=O) groups excluding carboxylic acids is 2. The minimum Gasteiger partial charge on any atom is -0.455 e. The summed E-state index contributed by atoms with van der Waals surface area (Å²) >= 11 is 6.11. The molecular formula is C29H29ClN4O8. The van der Waals surface area contributed by atoms with E-state index in [-0.39, 0.29) is 41.3 Å². The van der Waals surface area contributed by atoms with Gasteiger partial charge in [-0.2, -0.15) is 5.17 Å². The number of benzene rings is 3. The summed E-state index contributed by atoms with van der Waals surface area (Å²) in [5, 5.41) is 24.0. The lowest BCUT2D eigenvalue weighted by molar-refractivity contribution is -0.156. The third kappa shape index (κ3) is 7.77. The van der Waals surface area contributed by atoms with Crippen molar-refractivity contribution < 1.29 is 33.5 Å². The molecule has 2 atom stereocenters. The molecule has 0 saturated carbocycles. The Morgan fingerprint density at radius 2 is 1.81 bits per heavy atom. The Kier molecular flexibility index (Phi) is 9.65. The van der Waals surface area contributed by atoms with Gasteiger partial charge in [-0.3, -0.25) is 10.0 Å². The van der Waals surface area contributed by atoms with Crippen molar-refractivity contribution >= 4 is 34.9 Å². The van der Waals surface area contributed by atoms with E-state index < -0.39 is 36.5 Å². The highest BCUT2D eigenvalue weighted by atomic mass is 35.5. The zero-order chi connectivity index (χ0) is 30.4. The molecule has 0 bridgehead atoms. The topological polar surface area (TPSA) is 194 Å². The van der Waals surface area contributed by atoms with Crippen LogP contribution in [0.1, 0.15) is 33.9 Å². The lowest BCUT2D eigenvalue weighted by Crippen LogP contribution is -2.41. The normalized spacial score (nSPS) is 12.4. The van der Waals surface area contributed by atoms with Crippen molar-refractivity contribution in [2.24, 2.45) is 5.84 Å². The largest absolute Gasteiger partial charge is 0.519 e. The lowest BCUT2D eigenvalue weighted by atomic mass is 9.97. The molecular weight excluding hydrogens is 568 g/mol. The summed E-state index contributed by atoms with van der Waals surface area (Å²) in [7, 11) is 0. The smallest absolute Gasteiger partial charge is 0.455 e. The Morgan fingerprint density at radius 3 is 2.45 bits per heavy atom. The fraction of sp³-hybridized carbons (Fsp3) is 0.207. The summed E-state index contributed by atoms with van der Waals surface area (Å²) in [4.78, 5) is 36.9. The molecule has 1 amide bonds. The number of nitrogens with two attached hydrogens (primary N) is 2. The molecule has 3 aromatic carbocycles. The minimum atomic E-state index is -1.63. The van der Waals surface area contributed by atoms with Gasteiger partial charge in [-0.05, 0) is 60.4 Å². The highest BCUT2D eigenvalue weighted by Gasteiger charge is 2.25. The number of amides is 1. The van der Waals surface area contributed by atoms with Crippen LogP contribution < -0.4 is 27.9 Å². The van der Waals surface area contributed by atoms with Crippen LogP contribution in [0.5, 0.6) is 0 Å². The summed E-state index contributed by atoms with van der Waals surface area (Å²) in [6.45, 7) is 1.05. The van der Waals surface area contributed by atoms with Gasteiger partial charge in [-0.15, -0.1) is 0 Å². The summed E-state index contributed by atoms with van der Waals surface area (Å²) < 4.78 is 14.6. The van der Waals surface area contributed by atoms with Gasteiger partial charge in [0.25, 0.3) is 5.91 Å². The van der Waals surface area contributed by atoms with Crippen LogP contribution in [0.25, 0.3) is 11.1 Å². The molecule has 4 aromatic rings. The van der Waals surface area contributed by atoms with Gasteiger partial charge < -0.3 is 29.7 Å². The minimum absolute atomic E-state index is 0.0145. The molecule has 0 radical (unpaired) electrons. The first-order chi connectivity index (χ1) is 20.0. The van der Waals surface area contributed by atoms with Crippen molar-refractivity contribution in [1.82, 2.24) is 5.32 Å². The average molecular weight is 597 g/mol. The highest BCUT2D eigenvalue weighted by Crippen LogP contribution is 2.24. The number of hydrazine groups is 1. The number of aliphatic hydroxyl groups excluding tert-OH is 1. The second-order valence-corrected chi connectivity index (χ2v) is 9.93. The van der Waals surface area contributed by atoms with Crippen LogP contribution in [0, 0.1) is 6.92 Å². The molecule has 42 heavy (non-hydrogen) atoms. The van der Waals surface area contributed by atoms with Gasteiger partial charge in [-0.25, -0.2) is 15.4 Å². The van der Waals surface area contributed by atoms with Gasteiger partial charge in [0.05, 0.1) is 5.69 Å². The number of halogens is 1. The Balaban J connectivity index is 1.50. The predicted octanol–water partition coefficient (Wildman–Crippen LogP) is 3.35. The molecule has 0 aliphatic heterocycles. The SMILES string of the molecule is Cc1oc(=O)oc1COC(=O)C(O)C[C@@H](Cc1ccc(-c2cccc(Cl)c2)cc1)NC(=O)c1ccc(N)c(N(N)O)c1. The van der Waals surface area contributed by atoms with Crippen LogP contribution in [0.2, 0.25) is 5.02 Å². The third-order valence-electron chi connectivity index (χ3n) is 6.43. The number of aryl methyl sites for hydroxylation is 1. The quantitative estimate of drug-likeness (QED) is 0.0737. The summed E-state index contributed by atoms with van der Waals surface area (Å²) in [5.41, 5.74) is 8.76. The monoisotopic (exact) mass is 596 g/mol. The van der Waals surface area contributed by atoms with Gasteiger partial charge in [0.1, 0.15) is 5.69 Å². The number of carbonyl (C=O) groups is 2. The zero-order valence-electron chi connectivity index (χ0n) is 22.5. The van der Waals surface area contributed by atoms with E-state index in [1.165, 1.54) is 25.1 Å². The van der Waals surface area contributed by atoms with Crippen LogP contribution in [0.4, 0.5) is 11.4 Å². The number of nitrogen functional groups attached to an aromatic ring is 1. The molecule has 4 rings (SSSR count). The van der Waals surface area contributed by atoms with Crippen molar-refractivity contribution in [2.75, 3.05) is 10.9 Å². The first kappa shape index (κ1) is 30.3. The molecule has 13 heteroatoms. The van der Waals surface area contributed by atoms with Crippen molar-refractivity contribution in [1.29, 1.82) is 0 Å². The molecule has 0 aliphatic carbocycles. The summed E-state index contributed by atoms with van der Waals surface area (Å²) in [5.74, 6) is 3.07. The van der Waals surface area contributed by atoms with Crippen LogP contribution in [0.15, 0.2) is 80.4 Å². The number of hydrogen-bond donors (Lipinski definition) is 5. The van der Waals surface area contributed by atoms with Crippen LogP contribution >= 0.6 is 11.6 Å². The average Bonchev–Trinajstić information content (AvgIpc) is 3.28. The van der Waals surface area contributed by atoms with E-state index in [4.69, 9.17) is 36.7 Å². The maximum absolute atomic E-state index is 13.1. The first-order valence-electron chi connectivity index (χ1n) is 12.7. The number of aliphatic hydroxyl groups is 1. The summed E-state index contributed by atoms with van der Waals surface area (Å²) in [6, 6.07) is 18.3. The van der Waals surface area contributed by atoms with E-state index in [0.29, 0.717) is 10.2 Å². The highest BCUT2D eigenvalue weighted by molar-refractivity contribution is 6.30. The maximum Gasteiger partial charge on any atom is 0.519 e. The van der Waals surface area contributed by atoms with Gasteiger partial charge in [0.2, 0.25) is 0 Å². The number of hydrogen-bond acceptors (Lipinski definition) is 11. The van der Waals surface area contributed by atoms with Gasteiger partial charge in [0.15, 0.2) is 24.2 Å². The second-order valence-electron chi connectivity index (χ2n) is 9.49. The Morgan fingerprint density at radius 1 is 1.07 bits per heavy atom. The van der Waals surface area contributed by atoms with E-state index in [2.05, 4.69) is 5.32 Å². The van der Waals surface area contributed by atoms with Crippen LogP contribution in [-0.2, 0) is 22.6 Å². The van der Waals surface area contributed by atoms with Crippen LogP contribution in [-0.4, -0.2) is 34.3 Å². The van der Waals surface area contributed by atoms with E-state index in [1.54, 1.807) is 6.07 Å². The molecule has 1 aromatic heterocycles. The fourth-order valence-electron chi connectivity index (χ4n) is 4.24. The zero-order valence-corrected chi connectivity index (χ0v) is 23.2. The van der Waals surface area contributed by atoms with Gasteiger partial charge >= 0.3 is 11.8 Å². The lowest BCUT2D eigenvalue weighted by Gasteiger charge is -2.22. The standard InChI is InChI=1S/C29H29ClN4O8/c1-16-26(42-29(38)41-16)15-40-28(37)25(35)14-22(33-27(36)20-9-10-23(31)24(13-20)34(32)39)11-17-5-7-18(8-6-17)19-3-2-4-21(30)12-19/h2-10,12-13,22,25,35,39H,11,14-15,31-32H2,1H3,(H,33,36)/t22-,25?/m1/s1. The number of ether oxygens (including phenoxy) is 1. The molecule has 0 fully saturated rings. The third-order valence-corrected chi connectivity index (χ3v) is 6.66. The van der Waals surface area contributed by atoms with E-state index in [9.17, 15) is 24.7 Å². The van der Waals surface area contributed by atoms with Gasteiger partial charge in [0, 0.05) is 23.0 Å². The van der Waals surface area contributed by atoms with Crippen LogP contribution in [0.3, 0.4) is 0 Å². The Labute approximate surface area is 245 Å². The molecule has 1 heterocycles. The predicted molar refractivity (Wildman–Crippen MR) is 154 cm³/mol. The van der Waals surface area contributed by atoms with E-state index in [0.717, 1.165) is 16.7 Å². The van der Waals surface area contributed by atoms with Crippen molar-refractivity contribution in [3.05, 3.63) is 105 Å². The van der Waals surface area contributed by atoms with E-state index in [1.807, 2.05) is 42.5 Å². The molecule has 7 N–H and O–H groups in total. The van der Waals surface area contributed by atoms with Crippen molar-refractivity contribution in [2.45, 2.75) is 38.5 Å². The molecule has 0 spiro atoms. The number of anilines is 2. The van der Waals surface area contributed by atoms with Gasteiger partial charge in [-0.1, -0.05) is 48.0 Å². The first-order valence-corrected chi connectivity index (χ1v) is 13.1. The van der Waals surface area contributed by atoms with E-state index >= 15 is 0 Å². The molecule has 0 aliphatic rings. The number of nitrogens with one attached hydrogen (secondary N) is 1. The summed E-state index contributed by atoms with van der Waals surface area (Å²) in [6.07, 6.45) is -1.59. The Bertz CT molecular complexity index is 1620. The number of nitrogens with zero attached hydrogens (tertiary/aromatic N) is 1. The Hall–Kier alpha value is -4.62. The molecule has 1 unspecified atom stereocenters. The molecule has 12 nitrogen and oxygen atoms in total. The fourth-order valence-corrected chi connectivity index (χ4v) is 4.43. The number of rotatable bonds is 11. The maximum atomic E-state index is 13.1. The van der Waals surface area contributed by atoms with Crippen molar-refractivity contribution in [3.8, 4) is 11.1 Å². The second kappa shape index (κ2) is 13.4. The van der Waals surface area contributed by atoms with Crippen molar-refractivity contribution in [3.63, 3.8) is 0 Å². The number of esters is 1.